The first-order valence-corrected chi connectivity index (χ1v) is 14.0. The van der Waals surface area contributed by atoms with Gasteiger partial charge in [0.2, 0.25) is 47.3 Å². The Morgan fingerprint density at radius 1 is 0.489 bits per heavy atom. The van der Waals surface area contributed by atoms with E-state index in [0.29, 0.717) is 6.29 Å². The van der Waals surface area contributed by atoms with E-state index in [4.69, 9.17) is 0 Å². The fourth-order valence-electron chi connectivity index (χ4n) is 3.26. The predicted octanol–water partition coefficient (Wildman–Crippen LogP) is -4.83. The number of nitrogens with zero attached hydrogens (tertiary/aromatic N) is 6. The van der Waals surface area contributed by atoms with Gasteiger partial charge in [-0.2, -0.15) is 0 Å². The Kier molecular flexibility index (Phi) is 18.3. The van der Waals surface area contributed by atoms with Gasteiger partial charge in [0.1, 0.15) is 6.29 Å². The minimum absolute atomic E-state index is 0.0698. The summed E-state index contributed by atoms with van der Waals surface area (Å²) < 4.78 is 0. The van der Waals surface area contributed by atoms with Gasteiger partial charge in [0, 0.05) is 48.3 Å². The molecule has 0 aliphatic rings. The topological polar surface area (TPSA) is 209 Å². The molecule has 0 saturated carbocycles. The van der Waals surface area contributed by atoms with Gasteiger partial charge in [-0.25, -0.2) is 0 Å². The summed E-state index contributed by atoms with van der Waals surface area (Å²) in [5.74, 6) is -4.21. The average Bonchev–Trinajstić information content (AvgIpc) is 2.96. The highest BCUT2D eigenvalue weighted by Gasteiger charge is 2.23. The van der Waals surface area contributed by atoms with Crippen molar-refractivity contribution < 1.29 is 43.2 Å². The molecule has 3 N–H and O–H groups in total. The Labute approximate surface area is 263 Å². The molecule has 0 rings (SSSR count). The molecule has 0 aliphatic heterocycles. The standard InChI is InChI=1S/C27H47N9O9/c1-19(2)29-11-22(40)33(5)15-26(44)36(8)18-25(43)32(4)14-21(39)30-12-23(41)34(6)16-27(45)35(7)17-24(42)31(3)13-20(38)28-9-10-37/h10,19,29H,9,11-18H2,1-8H3,(H,28,38)(H,30,39). The summed E-state index contributed by atoms with van der Waals surface area (Å²) in [4.78, 5) is 115. The Morgan fingerprint density at radius 2 is 0.800 bits per heavy atom. The van der Waals surface area contributed by atoms with Gasteiger partial charge in [-0.3, -0.25) is 38.4 Å². The van der Waals surface area contributed by atoms with E-state index in [1.807, 2.05) is 13.8 Å². The highest BCUT2D eigenvalue weighted by molar-refractivity contribution is 5.93. The van der Waals surface area contributed by atoms with Crippen LogP contribution in [0.5, 0.6) is 0 Å². The van der Waals surface area contributed by atoms with Crippen molar-refractivity contribution in [2.45, 2.75) is 19.9 Å². The lowest BCUT2D eigenvalue weighted by Gasteiger charge is -2.25. The summed E-state index contributed by atoms with van der Waals surface area (Å²) in [5.41, 5.74) is 0. The van der Waals surface area contributed by atoms with Crippen molar-refractivity contribution >= 4 is 53.5 Å². The highest BCUT2D eigenvalue weighted by Crippen LogP contribution is 1.96. The van der Waals surface area contributed by atoms with Crippen molar-refractivity contribution in [1.82, 2.24) is 45.3 Å². The van der Waals surface area contributed by atoms with Crippen molar-refractivity contribution in [2.75, 3.05) is 101 Å². The number of rotatable bonds is 19. The number of carbonyl (C=O) groups excluding carboxylic acids is 9. The van der Waals surface area contributed by atoms with Gasteiger partial charge in [0.15, 0.2) is 0 Å². The quantitative estimate of drug-likeness (QED) is 0.115. The monoisotopic (exact) mass is 641 g/mol. The zero-order chi connectivity index (χ0) is 34.9. The second-order valence-electron chi connectivity index (χ2n) is 10.8. The normalized spacial score (nSPS) is 10.3. The van der Waals surface area contributed by atoms with Crippen molar-refractivity contribution in [1.29, 1.82) is 0 Å². The van der Waals surface area contributed by atoms with E-state index in [2.05, 4.69) is 16.0 Å². The van der Waals surface area contributed by atoms with Gasteiger partial charge in [-0.1, -0.05) is 13.8 Å². The molecule has 254 valence electrons. The summed E-state index contributed by atoms with van der Waals surface area (Å²) in [6.45, 7) is 1.17. The first-order chi connectivity index (χ1) is 20.9. The van der Waals surface area contributed by atoms with Gasteiger partial charge in [0.25, 0.3) is 0 Å². The molecule has 0 radical (unpaired) electrons. The SMILES string of the molecule is CC(C)NCC(=O)N(C)CC(=O)N(C)CC(=O)N(C)CC(=O)NCC(=O)N(C)CC(=O)N(C)CC(=O)N(C)CC(=O)NCC=O. The number of carbonyl (C=O) groups is 9. The minimum Gasteiger partial charge on any atom is -0.348 e. The van der Waals surface area contributed by atoms with Crippen LogP contribution in [-0.2, 0) is 43.2 Å². The zero-order valence-electron chi connectivity index (χ0n) is 27.4. The van der Waals surface area contributed by atoms with Crippen LogP contribution in [0.25, 0.3) is 0 Å². The average molecular weight is 642 g/mol. The van der Waals surface area contributed by atoms with E-state index >= 15 is 0 Å². The lowest BCUT2D eigenvalue weighted by molar-refractivity contribution is -0.143. The molecule has 0 aromatic heterocycles. The maximum Gasteiger partial charge on any atom is 0.242 e. The molecule has 0 unspecified atom stereocenters. The zero-order valence-corrected chi connectivity index (χ0v) is 27.4. The van der Waals surface area contributed by atoms with Crippen LogP contribution in [0.1, 0.15) is 13.8 Å². The van der Waals surface area contributed by atoms with Crippen LogP contribution in [-0.4, -0.2) is 190 Å². The fraction of sp³-hybridized carbons (Fsp3) is 0.667. The molecule has 0 bridgehead atoms. The third-order valence-corrected chi connectivity index (χ3v) is 6.29. The third kappa shape index (κ3) is 16.7. The molecule has 8 amide bonds. The summed E-state index contributed by atoms with van der Waals surface area (Å²) in [6.07, 6.45) is 0.501. The second-order valence-corrected chi connectivity index (χ2v) is 10.8. The third-order valence-electron chi connectivity index (χ3n) is 6.29. The highest BCUT2D eigenvalue weighted by atomic mass is 16.2. The minimum atomic E-state index is -0.654. The van der Waals surface area contributed by atoms with Crippen LogP contribution < -0.4 is 16.0 Å². The van der Waals surface area contributed by atoms with E-state index in [1.54, 1.807) is 0 Å². The summed E-state index contributed by atoms with van der Waals surface area (Å²) in [5, 5.41) is 7.62. The van der Waals surface area contributed by atoms with Gasteiger partial charge in [0.05, 0.1) is 58.9 Å². The van der Waals surface area contributed by atoms with E-state index in [-0.39, 0.29) is 51.2 Å². The first kappa shape index (κ1) is 40.4. The molecule has 18 heteroatoms. The van der Waals surface area contributed by atoms with Crippen molar-refractivity contribution in [3.63, 3.8) is 0 Å². The smallest absolute Gasteiger partial charge is 0.242 e. The van der Waals surface area contributed by atoms with Gasteiger partial charge in [-0.15, -0.1) is 0 Å². The Balaban J connectivity index is 4.60. The van der Waals surface area contributed by atoms with Crippen LogP contribution in [0.4, 0.5) is 0 Å². The van der Waals surface area contributed by atoms with Gasteiger partial charge < -0.3 is 50.1 Å². The molecule has 0 spiro atoms. The van der Waals surface area contributed by atoms with Crippen LogP contribution >= 0.6 is 0 Å². The fourth-order valence-corrected chi connectivity index (χ4v) is 3.26. The van der Waals surface area contributed by atoms with Crippen molar-refractivity contribution in [3.05, 3.63) is 0 Å². The number of likely N-dealkylation sites (N-methyl/N-ethyl adjacent to an activating group) is 6. The molecule has 0 saturated heterocycles. The summed E-state index contributed by atoms with van der Waals surface area (Å²) in [7, 11) is 8.27. The van der Waals surface area contributed by atoms with Crippen molar-refractivity contribution in [3.8, 4) is 0 Å². The largest absolute Gasteiger partial charge is 0.348 e. The maximum absolute atomic E-state index is 12.5. The van der Waals surface area contributed by atoms with Crippen LogP contribution in [0.3, 0.4) is 0 Å². The molecule has 0 aromatic carbocycles. The maximum atomic E-state index is 12.5. The number of aldehydes is 1. The number of hydrogen-bond acceptors (Lipinski definition) is 10. The lowest BCUT2D eigenvalue weighted by atomic mass is 10.3. The Bertz CT molecular complexity index is 1100. The van der Waals surface area contributed by atoms with Crippen molar-refractivity contribution in [2.24, 2.45) is 0 Å². The molecule has 0 aliphatic carbocycles. The van der Waals surface area contributed by atoms with Crippen LogP contribution in [0, 0.1) is 0 Å². The number of nitrogens with one attached hydrogen (secondary N) is 3. The molecular weight excluding hydrogens is 594 g/mol. The van der Waals surface area contributed by atoms with E-state index < -0.39 is 61.0 Å². The van der Waals surface area contributed by atoms with E-state index in [0.717, 1.165) is 24.5 Å². The van der Waals surface area contributed by atoms with Crippen LogP contribution in [0.15, 0.2) is 0 Å². The van der Waals surface area contributed by atoms with E-state index in [1.165, 1.54) is 47.2 Å². The Hall–Kier alpha value is -4.61. The number of amides is 8. The Morgan fingerprint density at radius 3 is 1.16 bits per heavy atom. The number of hydrogen-bond donors (Lipinski definition) is 3. The summed E-state index contributed by atoms with van der Waals surface area (Å²) >= 11 is 0. The van der Waals surface area contributed by atoms with E-state index in [9.17, 15) is 43.2 Å². The molecular formula is C27H47N9O9. The molecule has 0 aromatic rings. The van der Waals surface area contributed by atoms with Gasteiger partial charge >= 0.3 is 0 Å². The first-order valence-electron chi connectivity index (χ1n) is 14.0. The van der Waals surface area contributed by atoms with Crippen LogP contribution in [0.2, 0.25) is 0 Å². The second kappa shape index (κ2) is 20.4. The molecule has 0 fully saturated rings. The van der Waals surface area contributed by atoms with Gasteiger partial charge in [-0.05, 0) is 0 Å². The molecule has 18 nitrogen and oxygen atoms in total. The summed E-state index contributed by atoms with van der Waals surface area (Å²) in [6, 6.07) is 0.100. The molecule has 0 heterocycles. The molecule has 0 atom stereocenters. The predicted molar refractivity (Wildman–Crippen MR) is 161 cm³/mol. The lowest BCUT2D eigenvalue weighted by Crippen LogP contribution is -2.49. The molecule has 45 heavy (non-hydrogen) atoms.